The number of fused-ring (bicyclic) bond motifs is 10. The molecule has 2 aliphatic carbocycles. The fraction of sp³-hybridized carbons (Fsp3) is 0.130. The molecule has 0 fully saturated rings. The molecule has 0 nitrogen and oxygen atoms in total. The van der Waals surface area contributed by atoms with Crippen LogP contribution in [0.15, 0.2) is 142 Å². The van der Waals surface area contributed by atoms with Gasteiger partial charge in [0, 0.05) is 19.8 Å². The van der Waals surface area contributed by atoms with E-state index in [4.69, 9.17) is 0 Å². The van der Waals surface area contributed by atoms with E-state index in [0.29, 0.717) is 0 Å². The van der Waals surface area contributed by atoms with Crippen LogP contribution in [-0.2, 0) is 10.8 Å². The second-order valence-corrected chi connectivity index (χ2v) is 16.0. The maximum atomic E-state index is 3.88. The van der Waals surface area contributed by atoms with E-state index in [9.17, 15) is 0 Å². The first-order valence-corrected chi connectivity index (χ1v) is 18.2. The highest BCUT2D eigenvalue weighted by atomic mass is 79.9. The van der Waals surface area contributed by atoms with Crippen LogP contribution >= 0.6 is 31.9 Å². The minimum Gasteiger partial charge on any atom is -0.0619 e. The molecule has 232 valence electrons. The van der Waals surface area contributed by atoms with E-state index in [0.717, 1.165) is 0 Å². The Balaban J connectivity index is 0.000000131. The molecule has 48 heavy (non-hydrogen) atoms. The minimum absolute atomic E-state index is 0.0255. The summed E-state index contributed by atoms with van der Waals surface area (Å²) >= 11 is 7.75. The third-order valence-electron chi connectivity index (χ3n) is 11.0. The maximum Gasteiger partial charge on any atom is 0.0333 e. The lowest BCUT2D eigenvalue weighted by atomic mass is 9.82. The first-order chi connectivity index (χ1) is 23.1. The van der Waals surface area contributed by atoms with Crippen molar-refractivity contribution in [2.45, 2.75) is 38.5 Å². The van der Waals surface area contributed by atoms with Gasteiger partial charge in [0.1, 0.15) is 0 Å². The molecule has 2 heteroatoms. The zero-order valence-corrected chi connectivity index (χ0v) is 30.6. The van der Waals surface area contributed by atoms with Crippen molar-refractivity contribution in [3.63, 3.8) is 0 Å². The van der Waals surface area contributed by atoms with Crippen molar-refractivity contribution in [2.24, 2.45) is 0 Å². The summed E-state index contributed by atoms with van der Waals surface area (Å²) in [6.45, 7) is 9.33. The van der Waals surface area contributed by atoms with E-state index >= 15 is 0 Å². The summed E-state index contributed by atoms with van der Waals surface area (Å²) in [4.78, 5) is 0. The van der Waals surface area contributed by atoms with E-state index in [1.165, 1.54) is 96.5 Å². The summed E-state index contributed by atoms with van der Waals surface area (Å²) < 4.78 is 2.35. The van der Waals surface area contributed by atoms with E-state index < -0.39 is 0 Å². The number of halogens is 2. The summed E-state index contributed by atoms with van der Waals surface area (Å²) in [6, 6.07) is 49.0. The third-order valence-corrected chi connectivity index (χ3v) is 12.7. The Morgan fingerprint density at radius 2 is 0.750 bits per heavy atom. The molecule has 8 aromatic rings. The van der Waals surface area contributed by atoms with Crippen LogP contribution in [0, 0.1) is 0 Å². The summed E-state index contributed by atoms with van der Waals surface area (Å²) in [7, 11) is 0. The van der Waals surface area contributed by atoms with Gasteiger partial charge in [-0.05, 0) is 156 Å². The number of rotatable bonds is 0. The van der Waals surface area contributed by atoms with Gasteiger partial charge in [-0.3, -0.25) is 0 Å². The average molecular weight is 747 g/mol. The lowest BCUT2D eigenvalue weighted by molar-refractivity contribution is 0.661. The zero-order valence-electron chi connectivity index (χ0n) is 27.5. The second-order valence-electron chi connectivity index (χ2n) is 14.4. The molecule has 8 aromatic carbocycles. The van der Waals surface area contributed by atoms with Crippen LogP contribution < -0.4 is 0 Å². The summed E-state index contributed by atoms with van der Waals surface area (Å²) in [5, 5.41) is 10.3. The van der Waals surface area contributed by atoms with Gasteiger partial charge in [-0.15, -0.1) is 0 Å². The number of hydrogen-bond donors (Lipinski definition) is 0. The summed E-state index contributed by atoms with van der Waals surface area (Å²) in [5.41, 5.74) is 11.3. The first kappa shape index (κ1) is 29.9. The largest absolute Gasteiger partial charge is 0.0619 e. The molecule has 0 N–H and O–H groups in total. The van der Waals surface area contributed by atoms with Crippen molar-refractivity contribution in [1.82, 2.24) is 0 Å². The normalized spacial score (nSPS) is 14.8. The highest BCUT2D eigenvalue weighted by molar-refractivity contribution is 9.11. The van der Waals surface area contributed by atoms with Gasteiger partial charge in [-0.1, -0.05) is 125 Å². The standard InChI is InChI=1S/C23H16Br2.C23H18/c1-23(2)19-10-6-5-7-13(19)16-11-17-18(12-20(16)23)22(25)15-9-4-3-8-14(15)21(17)24;1-23(2)21-10-6-5-9-19(21)20-13-17-11-15-7-3-4-8-16(15)12-18(17)14-22(20)23/h3-12H,1-2H3;3-14H,1-2H3. The van der Waals surface area contributed by atoms with Gasteiger partial charge in [-0.25, -0.2) is 0 Å². The average Bonchev–Trinajstić information content (AvgIpc) is 3.47. The Hall–Kier alpha value is -4.24. The molecule has 0 amide bonds. The quantitative estimate of drug-likeness (QED) is 0.136. The molecule has 0 radical (unpaired) electrons. The van der Waals surface area contributed by atoms with Gasteiger partial charge >= 0.3 is 0 Å². The highest BCUT2D eigenvalue weighted by Gasteiger charge is 2.36. The molecule has 10 rings (SSSR count). The van der Waals surface area contributed by atoms with Crippen molar-refractivity contribution < 1.29 is 0 Å². The maximum absolute atomic E-state index is 3.88. The predicted octanol–water partition coefficient (Wildman–Crippen LogP) is 14.1. The van der Waals surface area contributed by atoms with E-state index in [-0.39, 0.29) is 10.8 Å². The smallest absolute Gasteiger partial charge is 0.0333 e. The molecular formula is C46H34Br2. The van der Waals surface area contributed by atoms with Gasteiger partial charge in [0.05, 0.1) is 0 Å². The Morgan fingerprint density at radius 3 is 1.31 bits per heavy atom. The van der Waals surface area contributed by atoms with Crippen molar-refractivity contribution in [3.8, 4) is 22.3 Å². The van der Waals surface area contributed by atoms with Crippen molar-refractivity contribution in [2.75, 3.05) is 0 Å². The lowest BCUT2D eigenvalue weighted by Crippen LogP contribution is -2.14. The summed E-state index contributed by atoms with van der Waals surface area (Å²) in [5.74, 6) is 0. The van der Waals surface area contributed by atoms with Crippen LogP contribution in [-0.4, -0.2) is 0 Å². The fourth-order valence-electron chi connectivity index (χ4n) is 8.41. The van der Waals surface area contributed by atoms with Crippen LogP contribution in [0.4, 0.5) is 0 Å². The molecule has 0 heterocycles. The Morgan fingerprint density at radius 1 is 0.333 bits per heavy atom. The molecule has 0 saturated carbocycles. The molecule has 0 bridgehead atoms. The van der Waals surface area contributed by atoms with Gasteiger partial charge in [0.2, 0.25) is 0 Å². The summed E-state index contributed by atoms with van der Waals surface area (Å²) in [6.07, 6.45) is 0. The van der Waals surface area contributed by atoms with E-state index in [1.54, 1.807) is 0 Å². The molecular weight excluding hydrogens is 712 g/mol. The first-order valence-electron chi connectivity index (χ1n) is 16.7. The zero-order chi connectivity index (χ0) is 32.9. The number of benzene rings is 8. The van der Waals surface area contributed by atoms with Crippen molar-refractivity contribution >= 4 is 74.9 Å². The molecule has 0 aliphatic heterocycles. The fourth-order valence-corrected chi connectivity index (χ4v) is 9.75. The lowest BCUT2D eigenvalue weighted by Gasteiger charge is -2.22. The van der Waals surface area contributed by atoms with Crippen LogP contribution in [0.25, 0.3) is 65.3 Å². The van der Waals surface area contributed by atoms with Crippen molar-refractivity contribution in [3.05, 3.63) is 165 Å². The predicted molar refractivity (Wildman–Crippen MR) is 213 cm³/mol. The topological polar surface area (TPSA) is 0 Å². The number of hydrogen-bond acceptors (Lipinski definition) is 0. The Labute approximate surface area is 298 Å². The monoisotopic (exact) mass is 744 g/mol. The van der Waals surface area contributed by atoms with Gasteiger partial charge < -0.3 is 0 Å². The third kappa shape index (κ3) is 4.25. The van der Waals surface area contributed by atoms with E-state index in [2.05, 4.69) is 193 Å². The van der Waals surface area contributed by atoms with E-state index in [1.807, 2.05) is 0 Å². The molecule has 0 atom stereocenters. The van der Waals surface area contributed by atoms with Crippen molar-refractivity contribution in [1.29, 1.82) is 0 Å². The highest BCUT2D eigenvalue weighted by Crippen LogP contribution is 2.52. The van der Waals surface area contributed by atoms with Crippen LogP contribution in [0.1, 0.15) is 49.9 Å². The molecule has 0 aromatic heterocycles. The molecule has 0 spiro atoms. The SMILES string of the molecule is CC1(C)c2ccccc2-c2cc3c(Br)c4ccccc4c(Br)c3cc21.CC1(C)c2ccccc2-c2cc3cc4ccccc4cc3cc21. The van der Waals surface area contributed by atoms with Crippen LogP contribution in [0.5, 0.6) is 0 Å². The minimum atomic E-state index is 0.0255. The Kier molecular flexibility index (Phi) is 6.61. The van der Waals surface area contributed by atoms with Crippen LogP contribution in [0.3, 0.4) is 0 Å². The molecule has 0 unspecified atom stereocenters. The molecule has 2 aliphatic rings. The van der Waals surface area contributed by atoms with Crippen LogP contribution in [0.2, 0.25) is 0 Å². The molecule has 0 saturated heterocycles. The van der Waals surface area contributed by atoms with Gasteiger partial charge in [0.25, 0.3) is 0 Å². The second kappa shape index (κ2) is 10.6. The van der Waals surface area contributed by atoms with Gasteiger partial charge in [0.15, 0.2) is 0 Å². The van der Waals surface area contributed by atoms with Gasteiger partial charge in [-0.2, -0.15) is 0 Å². The Bertz CT molecular complexity index is 2640.